The maximum Gasteiger partial charge on any atom is 0.270 e. The van der Waals surface area contributed by atoms with Crippen molar-refractivity contribution in [3.05, 3.63) is 63.7 Å². The Kier molecular flexibility index (Phi) is 5.44. The molecule has 19 heavy (non-hydrogen) atoms. The van der Waals surface area contributed by atoms with E-state index in [4.69, 9.17) is 0 Å². The van der Waals surface area contributed by atoms with E-state index in [1.165, 1.54) is 23.1 Å². The molecule has 0 radical (unpaired) electrons. The standard InChI is InChI=1S/C13H13BrN2O3/c1-3-7-15(8-4-2)13(17)11-9-10(16(18)19)5-6-12(11)14/h3-6,9H,1-2,7-8H2. The van der Waals surface area contributed by atoms with Crippen LogP contribution in [0.3, 0.4) is 0 Å². The third-order valence-electron chi connectivity index (χ3n) is 2.38. The summed E-state index contributed by atoms with van der Waals surface area (Å²) in [4.78, 5) is 24.0. The van der Waals surface area contributed by atoms with Gasteiger partial charge in [0, 0.05) is 29.7 Å². The van der Waals surface area contributed by atoms with Crippen molar-refractivity contribution in [2.75, 3.05) is 13.1 Å². The second kappa shape index (κ2) is 6.84. The Morgan fingerprint density at radius 2 is 1.95 bits per heavy atom. The number of benzene rings is 1. The fourth-order valence-corrected chi connectivity index (χ4v) is 1.93. The van der Waals surface area contributed by atoms with Gasteiger partial charge in [-0.25, -0.2) is 0 Å². The maximum absolute atomic E-state index is 12.3. The minimum atomic E-state index is -0.533. The van der Waals surface area contributed by atoms with Crippen molar-refractivity contribution in [3.8, 4) is 0 Å². The molecule has 0 aromatic heterocycles. The number of carbonyl (C=O) groups excluding carboxylic acids is 1. The third-order valence-corrected chi connectivity index (χ3v) is 3.07. The van der Waals surface area contributed by atoms with Crippen molar-refractivity contribution < 1.29 is 9.72 Å². The molecule has 1 aromatic rings. The molecule has 0 fully saturated rings. The number of carbonyl (C=O) groups is 1. The van der Waals surface area contributed by atoms with Crippen LogP contribution < -0.4 is 0 Å². The van der Waals surface area contributed by atoms with Crippen molar-refractivity contribution in [1.82, 2.24) is 4.90 Å². The Bertz CT molecular complexity index is 519. The molecule has 0 aliphatic rings. The molecule has 0 unspecified atom stereocenters. The highest BCUT2D eigenvalue weighted by atomic mass is 79.9. The van der Waals surface area contributed by atoms with Gasteiger partial charge in [0.25, 0.3) is 11.6 Å². The second-order valence-corrected chi connectivity index (χ2v) is 4.56. The first-order valence-corrected chi connectivity index (χ1v) is 6.25. The van der Waals surface area contributed by atoms with E-state index in [1.807, 2.05) is 0 Å². The zero-order chi connectivity index (χ0) is 14.4. The predicted molar refractivity (Wildman–Crippen MR) is 77.1 cm³/mol. The quantitative estimate of drug-likeness (QED) is 0.458. The minimum Gasteiger partial charge on any atom is -0.331 e. The van der Waals surface area contributed by atoms with Gasteiger partial charge in [0.1, 0.15) is 0 Å². The predicted octanol–water partition coefficient (Wildman–Crippen LogP) is 3.17. The summed E-state index contributed by atoms with van der Waals surface area (Å²) in [6.07, 6.45) is 3.18. The number of non-ortho nitro benzene ring substituents is 1. The van der Waals surface area contributed by atoms with E-state index in [0.717, 1.165) is 0 Å². The number of nitro groups is 1. The van der Waals surface area contributed by atoms with Gasteiger partial charge in [0.15, 0.2) is 0 Å². The molecule has 100 valence electrons. The van der Waals surface area contributed by atoms with Gasteiger partial charge in [-0.2, -0.15) is 0 Å². The Morgan fingerprint density at radius 1 is 1.37 bits per heavy atom. The summed E-state index contributed by atoms with van der Waals surface area (Å²) in [7, 11) is 0. The normalized spacial score (nSPS) is 9.74. The van der Waals surface area contributed by atoms with Gasteiger partial charge in [-0.1, -0.05) is 12.2 Å². The van der Waals surface area contributed by atoms with E-state index in [9.17, 15) is 14.9 Å². The first-order valence-electron chi connectivity index (χ1n) is 5.46. The smallest absolute Gasteiger partial charge is 0.270 e. The maximum atomic E-state index is 12.3. The number of hydrogen-bond donors (Lipinski definition) is 0. The number of nitro benzene ring substituents is 1. The zero-order valence-electron chi connectivity index (χ0n) is 10.2. The lowest BCUT2D eigenvalue weighted by atomic mass is 10.1. The Labute approximate surface area is 119 Å². The van der Waals surface area contributed by atoms with Crippen molar-refractivity contribution >= 4 is 27.5 Å². The Balaban J connectivity index is 3.15. The van der Waals surface area contributed by atoms with Crippen LogP contribution in [0, 0.1) is 10.1 Å². The van der Waals surface area contributed by atoms with Crippen molar-refractivity contribution in [3.63, 3.8) is 0 Å². The van der Waals surface area contributed by atoms with Gasteiger partial charge in [-0.15, -0.1) is 13.2 Å². The molecule has 1 rings (SSSR count). The second-order valence-electron chi connectivity index (χ2n) is 3.71. The summed E-state index contributed by atoms with van der Waals surface area (Å²) >= 11 is 3.23. The van der Waals surface area contributed by atoms with Crippen LogP contribution in [0.5, 0.6) is 0 Å². The largest absolute Gasteiger partial charge is 0.331 e. The fourth-order valence-electron chi connectivity index (χ4n) is 1.51. The first kappa shape index (κ1) is 15.1. The average Bonchev–Trinajstić information content (AvgIpc) is 2.38. The molecular formula is C13H13BrN2O3. The number of halogens is 1. The fraction of sp³-hybridized carbons (Fsp3) is 0.154. The SMILES string of the molecule is C=CCN(CC=C)C(=O)c1cc([N+](=O)[O-])ccc1Br. The molecule has 6 heteroatoms. The molecule has 5 nitrogen and oxygen atoms in total. The summed E-state index contributed by atoms with van der Waals surface area (Å²) in [5, 5.41) is 10.7. The summed E-state index contributed by atoms with van der Waals surface area (Å²) in [6, 6.07) is 4.09. The average molecular weight is 325 g/mol. The third kappa shape index (κ3) is 3.75. The van der Waals surface area contributed by atoms with Gasteiger partial charge >= 0.3 is 0 Å². The molecule has 1 amide bonds. The molecular weight excluding hydrogens is 312 g/mol. The van der Waals surface area contributed by atoms with Gasteiger partial charge in [0.05, 0.1) is 10.5 Å². The summed E-state index contributed by atoms with van der Waals surface area (Å²) < 4.78 is 0.515. The van der Waals surface area contributed by atoms with Gasteiger partial charge in [-0.05, 0) is 22.0 Å². The van der Waals surface area contributed by atoms with Crippen molar-refractivity contribution in [2.45, 2.75) is 0 Å². The van der Waals surface area contributed by atoms with Gasteiger partial charge in [-0.3, -0.25) is 14.9 Å². The van der Waals surface area contributed by atoms with E-state index in [1.54, 1.807) is 12.2 Å². The van der Waals surface area contributed by atoms with Crippen LogP contribution in [0.25, 0.3) is 0 Å². The molecule has 0 spiro atoms. The topological polar surface area (TPSA) is 63.5 Å². The lowest BCUT2D eigenvalue weighted by molar-refractivity contribution is -0.384. The molecule has 0 heterocycles. The van der Waals surface area contributed by atoms with E-state index in [2.05, 4.69) is 29.1 Å². The minimum absolute atomic E-state index is 0.122. The summed E-state index contributed by atoms with van der Waals surface area (Å²) in [5.41, 5.74) is 0.126. The van der Waals surface area contributed by atoms with E-state index < -0.39 is 4.92 Å². The Hall–Kier alpha value is -1.95. The molecule has 0 saturated heterocycles. The van der Waals surface area contributed by atoms with Crippen LogP contribution in [-0.4, -0.2) is 28.8 Å². The van der Waals surface area contributed by atoms with Crippen LogP contribution in [0.15, 0.2) is 48.0 Å². The van der Waals surface area contributed by atoms with Crippen molar-refractivity contribution in [1.29, 1.82) is 0 Å². The number of amides is 1. The number of hydrogen-bond acceptors (Lipinski definition) is 3. The molecule has 0 N–H and O–H groups in total. The monoisotopic (exact) mass is 324 g/mol. The molecule has 0 aliphatic carbocycles. The number of nitrogens with zero attached hydrogens (tertiary/aromatic N) is 2. The van der Waals surface area contributed by atoms with Gasteiger partial charge in [0.2, 0.25) is 0 Å². The van der Waals surface area contributed by atoms with Crippen LogP contribution >= 0.6 is 15.9 Å². The van der Waals surface area contributed by atoms with Crippen LogP contribution in [0.1, 0.15) is 10.4 Å². The molecule has 0 atom stereocenters. The molecule has 0 aliphatic heterocycles. The molecule has 0 bridgehead atoms. The highest BCUT2D eigenvalue weighted by Gasteiger charge is 2.19. The summed E-state index contributed by atoms with van der Waals surface area (Å²) in [5.74, 6) is -0.310. The zero-order valence-corrected chi connectivity index (χ0v) is 11.8. The van der Waals surface area contributed by atoms with Gasteiger partial charge < -0.3 is 4.90 Å². The van der Waals surface area contributed by atoms with Crippen LogP contribution in [0.4, 0.5) is 5.69 Å². The lowest BCUT2D eigenvalue weighted by Crippen LogP contribution is -2.31. The van der Waals surface area contributed by atoms with Crippen LogP contribution in [-0.2, 0) is 0 Å². The first-order chi connectivity index (χ1) is 9.01. The summed E-state index contributed by atoms with van der Waals surface area (Å²) in [6.45, 7) is 7.85. The Morgan fingerprint density at radius 3 is 2.42 bits per heavy atom. The van der Waals surface area contributed by atoms with E-state index in [-0.39, 0.29) is 17.2 Å². The molecule has 1 aromatic carbocycles. The van der Waals surface area contributed by atoms with E-state index >= 15 is 0 Å². The van der Waals surface area contributed by atoms with E-state index in [0.29, 0.717) is 17.6 Å². The highest BCUT2D eigenvalue weighted by Crippen LogP contribution is 2.23. The molecule has 0 saturated carbocycles. The number of rotatable bonds is 6. The highest BCUT2D eigenvalue weighted by molar-refractivity contribution is 9.10. The lowest BCUT2D eigenvalue weighted by Gasteiger charge is -2.19. The van der Waals surface area contributed by atoms with Crippen molar-refractivity contribution in [2.24, 2.45) is 0 Å². The van der Waals surface area contributed by atoms with Crippen LogP contribution in [0.2, 0.25) is 0 Å².